The summed E-state index contributed by atoms with van der Waals surface area (Å²) in [6, 6.07) is 0. The van der Waals surface area contributed by atoms with Crippen LogP contribution in [0.2, 0.25) is 0 Å². The highest BCUT2D eigenvalue weighted by Gasteiger charge is 2.33. The highest BCUT2D eigenvalue weighted by molar-refractivity contribution is 5.10. The Balaban J connectivity index is 2.51. The van der Waals surface area contributed by atoms with Gasteiger partial charge >= 0.3 is 0 Å². The lowest BCUT2D eigenvalue weighted by atomic mass is 10.2. The number of rotatable bonds is 1. The fourth-order valence-corrected chi connectivity index (χ4v) is 1.06. The molecule has 1 aliphatic rings. The minimum Gasteiger partial charge on any atom is -0.130 e. The first-order valence-corrected chi connectivity index (χ1v) is 3.12. The fourth-order valence-electron chi connectivity index (χ4n) is 1.06. The van der Waals surface area contributed by atoms with Crippen LogP contribution in [-0.4, -0.2) is 0 Å². The number of hydrogen-bond donors (Lipinski definition) is 0. The lowest BCUT2D eigenvalue weighted by Crippen LogP contribution is -1.76. The smallest absolute Gasteiger partial charge is 0.0101 e. The van der Waals surface area contributed by atoms with Crippen molar-refractivity contribution >= 4 is 0 Å². The zero-order chi connectivity index (χ0) is 6.15. The van der Waals surface area contributed by atoms with Crippen LogP contribution in [0.5, 0.6) is 0 Å². The molecule has 44 valence electrons. The van der Waals surface area contributed by atoms with Crippen LogP contribution in [0.15, 0.2) is 17.9 Å². The summed E-state index contributed by atoms with van der Waals surface area (Å²) in [5.41, 5.74) is 4.27. The second-order valence-corrected chi connectivity index (χ2v) is 2.68. The number of allylic oxidation sites excluding steroid dienone is 1. The van der Waals surface area contributed by atoms with Gasteiger partial charge in [-0.3, -0.25) is 0 Å². The Labute approximate surface area is 50.9 Å². The van der Waals surface area contributed by atoms with Gasteiger partial charge in [-0.1, -0.05) is 13.5 Å². The SMILES string of the molecule is C=C=C(C)[C@@H]1C[C@H]1C. The van der Waals surface area contributed by atoms with Gasteiger partial charge in [-0.25, -0.2) is 0 Å². The van der Waals surface area contributed by atoms with Crippen LogP contribution in [0.4, 0.5) is 0 Å². The van der Waals surface area contributed by atoms with Crippen LogP contribution in [0.3, 0.4) is 0 Å². The van der Waals surface area contributed by atoms with E-state index in [2.05, 4.69) is 26.2 Å². The topological polar surface area (TPSA) is 0 Å². The van der Waals surface area contributed by atoms with Crippen molar-refractivity contribution in [3.8, 4) is 0 Å². The van der Waals surface area contributed by atoms with Gasteiger partial charge in [0.05, 0.1) is 0 Å². The van der Waals surface area contributed by atoms with E-state index in [0.717, 1.165) is 11.8 Å². The molecule has 0 bridgehead atoms. The third kappa shape index (κ3) is 0.850. The first-order chi connectivity index (χ1) is 3.75. The van der Waals surface area contributed by atoms with Crippen molar-refractivity contribution in [1.82, 2.24) is 0 Å². The van der Waals surface area contributed by atoms with E-state index in [-0.39, 0.29) is 0 Å². The van der Waals surface area contributed by atoms with Crippen molar-refractivity contribution in [1.29, 1.82) is 0 Å². The molecule has 0 unspecified atom stereocenters. The summed E-state index contributed by atoms with van der Waals surface area (Å²) >= 11 is 0. The van der Waals surface area contributed by atoms with E-state index in [0.29, 0.717) is 0 Å². The molecule has 0 heterocycles. The molecule has 0 amide bonds. The molecule has 0 heteroatoms. The van der Waals surface area contributed by atoms with E-state index in [4.69, 9.17) is 0 Å². The third-order valence-corrected chi connectivity index (χ3v) is 1.94. The van der Waals surface area contributed by atoms with Crippen molar-refractivity contribution in [2.24, 2.45) is 11.8 Å². The molecule has 0 N–H and O–H groups in total. The summed E-state index contributed by atoms with van der Waals surface area (Å²) in [5, 5.41) is 0. The predicted molar refractivity (Wildman–Crippen MR) is 35.6 cm³/mol. The highest BCUT2D eigenvalue weighted by Crippen LogP contribution is 2.42. The van der Waals surface area contributed by atoms with Gasteiger partial charge in [0.15, 0.2) is 0 Å². The average molecular weight is 108 g/mol. The first-order valence-electron chi connectivity index (χ1n) is 3.12. The van der Waals surface area contributed by atoms with Crippen LogP contribution in [0, 0.1) is 11.8 Å². The molecule has 1 rings (SSSR count). The zero-order valence-electron chi connectivity index (χ0n) is 5.57. The Morgan fingerprint density at radius 3 is 2.38 bits per heavy atom. The molecule has 8 heavy (non-hydrogen) atoms. The molecule has 0 nitrogen and oxygen atoms in total. The zero-order valence-corrected chi connectivity index (χ0v) is 5.57. The van der Waals surface area contributed by atoms with Gasteiger partial charge in [0.2, 0.25) is 0 Å². The highest BCUT2D eigenvalue weighted by atomic mass is 14.4. The van der Waals surface area contributed by atoms with Crippen molar-refractivity contribution in [2.75, 3.05) is 0 Å². The molecule has 0 saturated heterocycles. The normalized spacial score (nSPS) is 33.8. The molecule has 0 aliphatic heterocycles. The minimum absolute atomic E-state index is 0.826. The second kappa shape index (κ2) is 1.80. The van der Waals surface area contributed by atoms with E-state index >= 15 is 0 Å². The molecule has 2 atom stereocenters. The Bertz CT molecular complexity index is 138. The molecule has 0 radical (unpaired) electrons. The van der Waals surface area contributed by atoms with E-state index in [1.54, 1.807) is 0 Å². The lowest BCUT2D eigenvalue weighted by Gasteiger charge is -1.87. The first kappa shape index (κ1) is 5.65. The summed E-state index contributed by atoms with van der Waals surface area (Å²) in [6.45, 7) is 7.98. The Morgan fingerprint density at radius 2 is 2.25 bits per heavy atom. The van der Waals surface area contributed by atoms with Crippen molar-refractivity contribution < 1.29 is 0 Å². The van der Waals surface area contributed by atoms with Crippen LogP contribution < -0.4 is 0 Å². The molecule has 1 aliphatic carbocycles. The largest absolute Gasteiger partial charge is 0.130 e. The van der Waals surface area contributed by atoms with Crippen molar-refractivity contribution in [3.63, 3.8) is 0 Å². The Morgan fingerprint density at radius 1 is 1.75 bits per heavy atom. The van der Waals surface area contributed by atoms with E-state index in [1.807, 2.05) is 0 Å². The fraction of sp³-hybridized carbons (Fsp3) is 0.625. The molecule has 0 aromatic heterocycles. The van der Waals surface area contributed by atoms with Crippen molar-refractivity contribution in [2.45, 2.75) is 20.3 Å². The molecular formula is C8H12. The molecule has 0 aromatic rings. The monoisotopic (exact) mass is 108 g/mol. The lowest BCUT2D eigenvalue weighted by molar-refractivity contribution is 0.858. The molecule has 0 spiro atoms. The molecule has 1 fully saturated rings. The average Bonchev–Trinajstić information content (AvgIpc) is 2.45. The molecular weight excluding hydrogens is 96.1 g/mol. The van der Waals surface area contributed by atoms with Gasteiger partial charge in [-0.2, -0.15) is 0 Å². The molecule has 1 saturated carbocycles. The van der Waals surface area contributed by atoms with Gasteiger partial charge in [0.25, 0.3) is 0 Å². The van der Waals surface area contributed by atoms with Crippen molar-refractivity contribution in [3.05, 3.63) is 17.9 Å². The summed E-state index contributed by atoms with van der Waals surface area (Å²) in [5.74, 6) is 1.73. The maximum Gasteiger partial charge on any atom is -0.0101 e. The third-order valence-electron chi connectivity index (χ3n) is 1.94. The predicted octanol–water partition coefficient (Wildman–Crippen LogP) is 2.37. The van der Waals surface area contributed by atoms with Gasteiger partial charge in [0.1, 0.15) is 0 Å². The summed E-state index contributed by atoms with van der Waals surface area (Å²) in [7, 11) is 0. The Hall–Kier alpha value is -0.480. The van der Waals surface area contributed by atoms with Crippen LogP contribution in [0.25, 0.3) is 0 Å². The summed E-state index contributed by atoms with van der Waals surface area (Å²) in [4.78, 5) is 0. The maximum absolute atomic E-state index is 3.59. The number of hydrogen-bond acceptors (Lipinski definition) is 0. The van der Waals surface area contributed by atoms with Gasteiger partial charge in [-0.05, 0) is 30.8 Å². The summed E-state index contributed by atoms with van der Waals surface area (Å²) < 4.78 is 0. The Kier molecular flexibility index (Phi) is 1.27. The summed E-state index contributed by atoms with van der Waals surface area (Å²) in [6.07, 6.45) is 1.36. The van der Waals surface area contributed by atoms with Gasteiger partial charge < -0.3 is 0 Å². The standard InChI is InChI=1S/C8H12/c1-4-6(2)8-5-7(8)3/h7-8H,1,5H2,2-3H3/t7-,8+/m1/s1. The van der Waals surface area contributed by atoms with Gasteiger partial charge in [-0.15, -0.1) is 5.73 Å². The quantitative estimate of drug-likeness (QED) is 0.452. The van der Waals surface area contributed by atoms with E-state index in [9.17, 15) is 0 Å². The minimum atomic E-state index is 0.826. The van der Waals surface area contributed by atoms with E-state index in [1.165, 1.54) is 12.0 Å². The van der Waals surface area contributed by atoms with Crippen LogP contribution >= 0.6 is 0 Å². The van der Waals surface area contributed by atoms with Gasteiger partial charge in [0, 0.05) is 0 Å². The van der Waals surface area contributed by atoms with Crippen LogP contribution in [0.1, 0.15) is 20.3 Å². The van der Waals surface area contributed by atoms with Crippen LogP contribution in [-0.2, 0) is 0 Å². The maximum atomic E-state index is 3.59. The second-order valence-electron chi connectivity index (χ2n) is 2.68. The molecule has 0 aromatic carbocycles. The van der Waals surface area contributed by atoms with E-state index < -0.39 is 0 Å².